The summed E-state index contributed by atoms with van der Waals surface area (Å²) < 4.78 is 11.1. The Labute approximate surface area is 297 Å². The first-order chi connectivity index (χ1) is 23.7. The van der Waals surface area contributed by atoms with Gasteiger partial charge in [-0.3, -0.25) is 4.79 Å². The molecule has 48 heavy (non-hydrogen) atoms. The third-order valence-electron chi connectivity index (χ3n) is 8.27. The second-order valence-corrected chi connectivity index (χ2v) is 13.0. The highest BCUT2D eigenvalue weighted by Gasteiger charge is 2.13. The maximum absolute atomic E-state index is 12.2. The van der Waals surface area contributed by atoms with Crippen molar-refractivity contribution in [2.45, 2.75) is 180 Å². The fourth-order valence-corrected chi connectivity index (χ4v) is 5.28. The van der Waals surface area contributed by atoms with Gasteiger partial charge in [0, 0.05) is 13.0 Å². The minimum Gasteiger partial charge on any atom is -0.457 e. The van der Waals surface area contributed by atoms with Gasteiger partial charge in [-0.25, -0.2) is 0 Å². The lowest BCUT2D eigenvalue weighted by Gasteiger charge is -2.15. The van der Waals surface area contributed by atoms with E-state index in [2.05, 4.69) is 86.8 Å². The van der Waals surface area contributed by atoms with E-state index in [1.54, 1.807) is 0 Å². The number of rotatable bonds is 36. The molecule has 0 heterocycles. The van der Waals surface area contributed by atoms with Crippen LogP contribution in [0.4, 0.5) is 0 Å². The second kappa shape index (κ2) is 41.0. The molecule has 0 aromatic heterocycles. The molecule has 0 fully saturated rings. The Hall–Kier alpha value is -2.17. The summed E-state index contributed by atoms with van der Waals surface area (Å²) in [7, 11) is 0. The van der Waals surface area contributed by atoms with Crippen LogP contribution >= 0.6 is 0 Å². The summed E-state index contributed by atoms with van der Waals surface area (Å²) in [5.41, 5.74) is 0. The van der Waals surface area contributed by atoms with Crippen LogP contribution in [-0.2, 0) is 14.3 Å². The van der Waals surface area contributed by atoms with Crippen LogP contribution in [0.2, 0.25) is 0 Å². The van der Waals surface area contributed by atoms with Crippen molar-refractivity contribution < 1.29 is 19.4 Å². The van der Waals surface area contributed by atoms with Gasteiger partial charge in [-0.2, -0.15) is 0 Å². The average Bonchev–Trinajstić information content (AvgIpc) is 3.09. The Morgan fingerprint density at radius 2 is 0.938 bits per heavy atom. The van der Waals surface area contributed by atoms with E-state index in [9.17, 15) is 9.90 Å². The number of hydrogen-bond donors (Lipinski definition) is 1. The van der Waals surface area contributed by atoms with Crippen molar-refractivity contribution in [3.63, 3.8) is 0 Å². The highest BCUT2D eigenvalue weighted by molar-refractivity contribution is 5.69. The molecule has 0 aliphatic heterocycles. The maximum Gasteiger partial charge on any atom is 0.306 e. The molecule has 0 saturated carbocycles. The molecule has 0 aromatic rings. The van der Waals surface area contributed by atoms with E-state index in [0.717, 1.165) is 64.2 Å². The summed E-state index contributed by atoms with van der Waals surface area (Å²) in [6, 6.07) is 0. The summed E-state index contributed by atoms with van der Waals surface area (Å²) in [5, 5.41) is 9.58. The van der Waals surface area contributed by atoms with Crippen molar-refractivity contribution in [2.75, 3.05) is 19.8 Å². The summed E-state index contributed by atoms with van der Waals surface area (Å²) in [4.78, 5) is 12.2. The van der Waals surface area contributed by atoms with Crippen LogP contribution in [0.5, 0.6) is 0 Å². The number of esters is 1. The Kier molecular flexibility index (Phi) is 39.1. The minimum atomic E-state index is -0.548. The van der Waals surface area contributed by atoms with Gasteiger partial charge in [0.05, 0.1) is 13.2 Å². The Bertz CT molecular complexity index is 835. The average molecular weight is 669 g/mol. The van der Waals surface area contributed by atoms with Gasteiger partial charge in [0.2, 0.25) is 0 Å². The zero-order chi connectivity index (χ0) is 34.9. The van der Waals surface area contributed by atoms with Crippen molar-refractivity contribution in [3.05, 3.63) is 72.9 Å². The highest BCUT2D eigenvalue weighted by atomic mass is 16.6. The summed E-state index contributed by atoms with van der Waals surface area (Å²) in [5.74, 6) is -0.220. The quantitative estimate of drug-likeness (QED) is 0.0410. The van der Waals surface area contributed by atoms with Gasteiger partial charge in [0.25, 0.3) is 0 Å². The number of aliphatic hydroxyl groups excluding tert-OH is 1. The Morgan fingerprint density at radius 3 is 1.42 bits per heavy atom. The van der Waals surface area contributed by atoms with Crippen LogP contribution in [-0.4, -0.2) is 37.0 Å². The molecule has 1 unspecified atom stereocenters. The molecule has 0 bridgehead atoms. The number of unbranched alkanes of at least 4 members (excludes halogenated alkanes) is 16. The summed E-state index contributed by atoms with van der Waals surface area (Å²) in [6.45, 7) is 5.15. The predicted octanol–water partition coefficient (Wildman–Crippen LogP) is 13.0. The lowest BCUT2D eigenvalue weighted by atomic mass is 10.1. The molecule has 0 aromatic carbocycles. The standard InChI is InChI=1S/C44H76O4/c1-3-5-7-9-11-13-15-17-19-20-21-22-23-24-25-26-28-30-32-34-36-38-40-47-42-43(41-45)48-44(46)39-37-35-33-31-29-27-18-16-14-12-10-8-6-4-2/h5,7,10-13,16-19,21-22,43,45H,3-4,6,8-9,14-15,20,23-42H2,1-2H3/b7-5-,12-10-,13-11-,18-16-,19-17-,22-21-. The molecule has 4 nitrogen and oxygen atoms in total. The number of hydrogen-bond acceptors (Lipinski definition) is 4. The molecule has 0 aliphatic rings. The number of carbonyl (C=O) groups is 1. The highest BCUT2D eigenvalue weighted by Crippen LogP contribution is 2.12. The van der Waals surface area contributed by atoms with Crippen LogP contribution in [0.15, 0.2) is 72.9 Å². The van der Waals surface area contributed by atoms with Crippen LogP contribution in [0.1, 0.15) is 174 Å². The monoisotopic (exact) mass is 669 g/mol. The summed E-state index contributed by atoms with van der Waals surface area (Å²) in [6.07, 6.45) is 55.2. The first-order valence-corrected chi connectivity index (χ1v) is 20.0. The first-order valence-electron chi connectivity index (χ1n) is 20.0. The fraction of sp³-hybridized carbons (Fsp3) is 0.705. The van der Waals surface area contributed by atoms with E-state index in [1.807, 2.05) is 0 Å². The van der Waals surface area contributed by atoms with Gasteiger partial charge in [-0.15, -0.1) is 0 Å². The summed E-state index contributed by atoms with van der Waals surface area (Å²) >= 11 is 0. The zero-order valence-electron chi connectivity index (χ0n) is 31.5. The minimum absolute atomic E-state index is 0.183. The van der Waals surface area contributed by atoms with E-state index < -0.39 is 6.10 Å². The normalized spacial score (nSPS) is 13.1. The largest absolute Gasteiger partial charge is 0.457 e. The van der Waals surface area contributed by atoms with Gasteiger partial charge in [0.15, 0.2) is 0 Å². The molecule has 0 aliphatic carbocycles. The van der Waals surface area contributed by atoms with Crippen LogP contribution < -0.4 is 0 Å². The molecule has 0 saturated heterocycles. The van der Waals surface area contributed by atoms with Crippen LogP contribution in [0.25, 0.3) is 0 Å². The molecule has 4 heteroatoms. The molecule has 0 rings (SSSR count). The molecular formula is C44H76O4. The SMILES string of the molecule is CC/C=C\C/C=C\C/C=C\C/C=C\CCCCCCCCCCCOCC(CO)OC(=O)CCCCCCC/C=C\C/C=C\CCCC. The molecule has 1 atom stereocenters. The lowest BCUT2D eigenvalue weighted by molar-refractivity contribution is -0.154. The smallest absolute Gasteiger partial charge is 0.306 e. The van der Waals surface area contributed by atoms with E-state index >= 15 is 0 Å². The Morgan fingerprint density at radius 1 is 0.521 bits per heavy atom. The predicted molar refractivity (Wildman–Crippen MR) is 209 cm³/mol. The van der Waals surface area contributed by atoms with E-state index in [4.69, 9.17) is 9.47 Å². The first kappa shape index (κ1) is 45.8. The van der Waals surface area contributed by atoms with Gasteiger partial charge in [-0.1, -0.05) is 164 Å². The third-order valence-corrected chi connectivity index (χ3v) is 8.27. The number of allylic oxidation sites excluding steroid dienone is 12. The van der Waals surface area contributed by atoms with Crippen LogP contribution in [0, 0.1) is 0 Å². The lowest BCUT2D eigenvalue weighted by Crippen LogP contribution is -2.27. The van der Waals surface area contributed by atoms with Gasteiger partial charge >= 0.3 is 5.97 Å². The maximum atomic E-state index is 12.2. The molecule has 0 amide bonds. The van der Waals surface area contributed by atoms with Crippen LogP contribution in [0.3, 0.4) is 0 Å². The van der Waals surface area contributed by atoms with Gasteiger partial charge in [-0.05, 0) is 77.0 Å². The molecule has 276 valence electrons. The van der Waals surface area contributed by atoms with E-state index in [-0.39, 0.29) is 19.2 Å². The number of carbonyl (C=O) groups excluding carboxylic acids is 1. The molecule has 0 radical (unpaired) electrons. The van der Waals surface area contributed by atoms with Gasteiger partial charge in [0.1, 0.15) is 6.10 Å². The number of ether oxygens (including phenoxy) is 2. The molecule has 0 spiro atoms. The zero-order valence-corrected chi connectivity index (χ0v) is 31.5. The van der Waals surface area contributed by atoms with Gasteiger partial charge < -0.3 is 14.6 Å². The van der Waals surface area contributed by atoms with Crippen molar-refractivity contribution in [3.8, 4) is 0 Å². The van der Waals surface area contributed by atoms with Crippen molar-refractivity contribution in [1.29, 1.82) is 0 Å². The van der Waals surface area contributed by atoms with E-state index in [0.29, 0.717) is 13.0 Å². The number of aliphatic hydroxyl groups is 1. The molecule has 1 N–H and O–H groups in total. The van der Waals surface area contributed by atoms with Crippen molar-refractivity contribution in [2.24, 2.45) is 0 Å². The topological polar surface area (TPSA) is 55.8 Å². The van der Waals surface area contributed by atoms with E-state index in [1.165, 1.54) is 89.9 Å². The molecular weight excluding hydrogens is 592 g/mol. The third kappa shape index (κ3) is 38.3. The Balaban J connectivity index is 3.48. The second-order valence-electron chi connectivity index (χ2n) is 13.0. The fourth-order valence-electron chi connectivity index (χ4n) is 5.28. The van der Waals surface area contributed by atoms with Crippen molar-refractivity contribution >= 4 is 5.97 Å². The van der Waals surface area contributed by atoms with Crippen molar-refractivity contribution in [1.82, 2.24) is 0 Å².